The standard InChI is InChI=1S/2C15H27NO4.C14H25NO4S.2C14H25NO4.C13H23NO4.C12H22O3.C8H14O3/c1-5-7-8-9-12(17)10-13(18)16-14(11(3)6-2)15(19)20-4;1-4-6-8-9-12(17)11-14(18)16-13(10-7-5-2)15(19)20-3;1-4-5-6-7-11(16)10-13(17)15-12(8-9-20-3)14(18)19-2;1-4-6-7-8-11(16)9-12(17)15-13(14(18)19)10(3)5-2;1-3-5-7-8-11(16)10-13(17)15-12(14(18)19)9-6-4-2;1-4-5-6-7-10(15)8-11(16)14-12(9(2)3)13(17)18;1-5-6-7-8-10(13)9-11(14)15-12(2,3)4;1-2-3-4-5-7(9)6-8(10)11/h8-9,11-12,14,17H,5-7,10H2,1-4H3,(H,16,18);8-9,12-13,17H,4-7,10-11H2,1-3H3,(H,16,18);6-7,11-12,16H,4-5,8-10H2,1-3H3,(H,15,17);7-8,10-11,13,16H,4-6,9H2,1-3H3,(H,15,17)(H,18,19);7-8,11-12,16H,3-6,9-10H2,1-2H3,(H,15,17)(H,18,19);6-7,9-10,12,15H,4-5,8H2,1-3H3,(H,14,16)(H,17,18);7-8,10,13H,5-6,9H2,1-4H3;4-5,7,9H,2-3,6H2,1H3,(H,10,11)/b2*9-8+;7-6+;2*8-7+;7-6+;8-7+;5-4+/t;12?,13-;11?,12-;;11?,12-;10?,12-;;/m.00.00../s1. The number of unbranched alkanes of at least 4 members (excludes halogenated alkanes) is 10. The maximum atomic E-state index is 11.8. The van der Waals surface area contributed by atoms with E-state index < -0.39 is 150 Å². The first-order valence-corrected chi connectivity index (χ1v) is 51.6. The quantitative estimate of drug-likeness (QED) is 0.0153. The Bertz CT molecular complexity index is 3520. The normalized spacial score (nSPS) is 14.6. The zero-order chi connectivity index (χ0) is 111. The molecule has 37 heteroatoms. The molecule has 0 aliphatic heterocycles. The summed E-state index contributed by atoms with van der Waals surface area (Å²) >= 11 is 1.59. The first-order chi connectivity index (χ1) is 66.9. The van der Waals surface area contributed by atoms with Crippen LogP contribution in [0.2, 0.25) is 0 Å². The molecule has 0 radical (unpaired) electrons. The largest absolute Gasteiger partial charge is 0.481 e. The molecule has 0 aliphatic rings. The third-order valence-corrected chi connectivity index (χ3v) is 20.3. The van der Waals surface area contributed by atoms with E-state index in [1.54, 1.807) is 81.1 Å². The molecule has 0 aromatic carbocycles. The Morgan fingerprint density at radius 2 is 0.542 bits per heavy atom. The van der Waals surface area contributed by atoms with Crippen LogP contribution in [0.25, 0.3) is 0 Å². The first kappa shape index (κ1) is 148. The molecule has 36 nitrogen and oxygen atoms in total. The van der Waals surface area contributed by atoms with Gasteiger partial charge in [0.25, 0.3) is 0 Å². The Labute approximate surface area is 852 Å². The van der Waals surface area contributed by atoms with Crippen LogP contribution in [0.15, 0.2) is 97.2 Å². The van der Waals surface area contributed by atoms with Gasteiger partial charge < -0.3 is 112 Å². The summed E-state index contributed by atoms with van der Waals surface area (Å²) in [7, 11) is 3.89. The third kappa shape index (κ3) is 97.9. The van der Waals surface area contributed by atoms with E-state index >= 15 is 0 Å². The lowest BCUT2D eigenvalue weighted by atomic mass is 9.99. The van der Waals surface area contributed by atoms with Gasteiger partial charge >= 0.3 is 47.8 Å². The molecule has 0 aliphatic carbocycles. The highest BCUT2D eigenvalue weighted by Gasteiger charge is 2.31. The summed E-state index contributed by atoms with van der Waals surface area (Å²) in [5, 5.41) is 126. The lowest BCUT2D eigenvalue weighted by molar-refractivity contribution is -0.156. The number of nitrogens with one attached hydrogen (secondary N) is 6. The molecule has 6 amide bonds. The molecule has 824 valence electrons. The van der Waals surface area contributed by atoms with Gasteiger partial charge in [-0.2, -0.15) is 11.8 Å². The number of amides is 6. The highest BCUT2D eigenvalue weighted by Crippen LogP contribution is 2.16. The number of carboxylic acids is 4. The predicted molar refractivity (Wildman–Crippen MR) is 557 cm³/mol. The van der Waals surface area contributed by atoms with Crippen molar-refractivity contribution in [3.63, 3.8) is 0 Å². The summed E-state index contributed by atoms with van der Waals surface area (Å²) in [6.45, 7) is 36.6. The molecule has 0 saturated heterocycles. The van der Waals surface area contributed by atoms with Crippen LogP contribution in [0.1, 0.15) is 343 Å². The van der Waals surface area contributed by atoms with Gasteiger partial charge in [0, 0.05) is 0 Å². The van der Waals surface area contributed by atoms with Crippen LogP contribution in [0.4, 0.5) is 0 Å². The number of aliphatic hydroxyl groups is 8. The van der Waals surface area contributed by atoms with Gasteiger partial charge in [-0.15, -0.1) is 0 Å². The number of methoxy groups -OCH3 is 3. The number of carbonyl (C=O) groups is 14. The zero-order valence-electron chi connectivity index (χ0n) is 89.7. The van der Waals surface area contributed by atoms with Gasteiger partial charge in [-0.3, -0.25) is 38.4 Å². The van der Waals surface area contributed by atoms with Crippen molar-refractivity contribution in [2.24, 2.45) is 17.8 Å². The third-order valence-electron chi connectivity index (χ3n) is 19.7. The van der Waals surface area contributed by atoms with Crippen molar-refractivity contribution in [3.05, 3.63) is 97.2 Å². The second-order valence-corrected chi connectivity index (χ2v) is 36.0. The van der Waals surface area contributed by atoms with E-state index in [9.17, 15) is 103 Å². The number of esters is 4. The average Bonchev–Trinajstić information content (AvgIpc) is 0.892. The van der Waals surface area contributed by atoms with Gasteiger partial charge in [0.05, 0.1) is 122 Å². The van der Waals surface area contributed by atoms with Gasteiger partial charge in [-0.05, 0) is 121 Å². The van der Waals surface area contributed by atoms with E-state index in [4.69, 9.17) is 35.0 Å². The lowest BCUT2D eigenvalue weighted by Gasteiger charge is -2.22. The Balaban J connectivity index is -0.000000242. The van der Waals surface area contributed by atoms with Gasteiger partial charge in [0.1, 0.15) is 41.9 Å². The summed E-state index contributed by atoms with van der Waals surface area (Å²) in [5.74, 6) is -7.81. The summed E-state index contributed by atoms with van der Waals surface area (Å²) in [6, 6.07) is -4.61. The molecular formula is C105H188N6O30S. The van der Waals surface area contributed by atoms with E-state index in [0.717, 1.165) is 141 Å². The van der Waals surface area contributed by atoms with Crippen LogP contribution in [-0.4, -0.2) is 268 Å². The first-order valence-electron chi connectivity index (χ1n) is 50.3. The SMILES string of the molecule is CCC/C=C/C(O)CC(=O)NC(C(=O)O)C(C)CC.CCC/C=C/C(O)CC(=O)NC(C(=O)OC)C(C)CC.CCC/C=C/C(O)CC(=O)N[C@@H](CCCC)C(=O)O.CCC/C=C/C(O)CC(=O)N[C@@H](CCCC)C(=O)OC.CCC/C=C/C(O)CC(=O)N[C@@H](CCSC)C(=O)OC.CCC/C=C/C(O)CC(=O)N[C@H](C(=O)O)C(C)C.CCC/C=C/C(O)CC(=O)O.CCC/C=C/C(O)CC(=O)OC(C)(C)C. The molecule has 18 N–H and O–H groups in total. The topological polar surface area (TPSA) is 591 Å². The molecule has 0 saturated carbocycles. The van der Waals surface area contributed by atoms with E-state index in [1.807, 2.05) is 153 Å². The van der Waals surface area contributed by atoms with Crippen molar-refractivity contribution < 1.29 is 147 Å². The number of thioether (sulfide) groups is 1. The molecule has 0 heterocycles. The number of rotatable bonds is 66. The molecular weight excluding hydrogens is 1860 g/mol. The summed E-state index contributed by atoms with van der Waals surface area (Å²) < 4.78 is 19.1. The maximum absolute atomic E-state index is 11.8. The van der Waals surface area contributed by atoms with Gasteiger partial charge in [0.2, 0.25) is 35.4 Å². The van der Waals surface area contributed by atoms with Crippen molar-refractivity contribution >= 4 is 95.0 Å². The van der Waals surface area contributed by atoms with E-state index in [2.05, 4.69) is 48.3 Å². The fourth-order valence-corrected chi connectivity index (χ4v) is 11.8. The van der Waals surface area contributed by atoms with Crippen LogP contribution in [-0.2, 0) is 86.1 Å². The number of carboxylic acid groups (broad SMARTS) is 4. The van der Waals surface area contributed by atoms with Gasteiger partial charge in [0.15, 0.2) is 0 Å². The number of hydrogen-bond acceptors (Lipinski definition) is 27. The summed E-state index contributed by atoms with van der Waals surface area (Å²) in [6.07, 6.45) is 43.3. The van der Waals surface area contributed by atoms with Crippen LogP contribution >= 0.6 is 11.8 Å². The molecule has 16 atom stereocenters. The fraction of sp³-hybridized carbons (Fsp3) is 0.714. The lowest BCUT2D eigenvalue weighted by Crippen LogP contribution is -2.46. The van der Waals surface area contributed by atoms with Crippen molar-refractivity contribution in [1.29, 1.82) is 0 Å². The Hall–Kier alpha value is -9.47. The molecule has 142 heavy (non-hydrogen) atoms. The highest BCUT2D eigenvalue weighted by molar-refractivity contribution is 7.98. The summed E-state index contributed by atoms with van der Waals surface area (Å²) in [4.78, 5) is 159. The van der Waals surface area contributed by atoms with Crippen LogP contribution in [0.3, 0.4) is 0 Å². The minimum Gasteiger partial charge on any atom is -0.481 e. The summed E-state index contributed by atoms with van der Waals surface area (Å²) in [5.41, 5.74) is -0.482. The molecule has 0 bridgehead atoms. The maximum Gasteiger partial charge on any atom is 0.328 e. The number of carbonyl (C=O) groups excluding carboxylic acids is 10. The van der Waals surface area contributed by atoms with Crippen molar-refractivity contribution in [2.45, 2.75) is 434 Å². The monoisotopic (exact) mass is 2050 g/mol. The Morgan fingerprint density at radius 1 is 0.303 bits per heavy atom. The van der Waals surface area contributed by atoms with E-state index in [-0.39, 0.29) is 92.8 Å². The zero-order valence-corrected chi connectivity index (χ0v) is 90.5. The number of hydrogen-bond donors (Lipinski definition) is 18. The number of aliphatic carboxylic acids is 4. The van der Waals surface area contributed by atoms with E-state index in [1.165, 1.54) is 27.4 Å². The molecule has 0 rings (SSSR count). The second kappa shape index (κ2) is 98.9. The second-order valence-electron chi connectivity index (χ2n) is 35.0. The van der Waals surface area contributed by atoms with Crippen LogP contribution in [0.5, 0.6) is 0 Å². The van der Waals surface area contributed by atoms with Gasteiger partial charge in [-0.25, -0.2) is 28.8 Å². The van der Waals surface area contributed by atoms with Crippen molar-refractivity contribution in [2.75, 3.05) is 33.3 Å². The smallest absolute Gasteiger partial charge is 0.328 e. The molecule has 0 fully saturated rings. The molecule has 0 aromatic heterocycles. The molecule has 12 unspecified atom stereocenters. The van der Waals surface area contributed by atoms with Gasteiger partial charge in [-0.1, -0.05) is 298 Å². The molecule has 0 aromatic rings. The number of ether oxygens (including phenoxy) is 4. The van der Waals surface area contributed by atoms with Crippen LogP contribution in [0, 0.1) is 17.8 Å². The van der Waals surface area contributed by atoms with E-state index in [0.29, 0.717) is 25.7 Å². The minimum absolute atomic E-state index is 0.0147. The minimum atomic E-state index is -1.06. The van der Waals surface area contributed by atoms with Crippen LogP contribution < -0.4 is 31.9 Å². The Kier molecular flexibility index (Phi) is 103. The highest BCUT2D eigenvalue weighted by atomic mass is 32.2. The number of allylic oxidation sites excluding steroid dienone is 8. The average molecular weight is 2050 g/mol. The van der Waals surface area contributed by atoms with Crippen molar-refractivity contribution in [1.82, 2.24) is 31.9 Å². The van der Waals surface area contributed by atoms with Crippen molar-refractivity contribution in [3.8, 4) is 0 Å². The Morgan fingerprint density at radius 3 is 0.775 bits per heavy atom. The predicted octanol–water partition coefficient (Wildman–Crippen LogP) is 13.7. The molecule has 0 spiro atoms. The fourth-order valence-electron chi connectivity index (χ4n) is 11.3. The number of aliphatic hydroxyl groups excluding tert-OH is 8.